The van der Waals surface area contributed by atoms with E-state index >= 15 is 0 Å². The number of carbonyl (C=O) groups is 1. The third-order valence-corrected chi connectivity index (χ3v) is 3.19. The molecule has 2 rings (SSSR count). The molecule has 1 fully saturated rings. The zero-order valence-electron chi connectivity index (χ0n) is 10.4. The molecular formula is C13H18N2O3. The van der Waals surface area contributed by atoms with E-state index in [0.29, 0.717) is 17.8 Å². The van der Waals surface area contributed by atoms with Gasteiger partial charge in [0.25, 0.3) is 0 Å². The SMILES string of the molecule is COC(=O)c1ccc(N)c(N2CCCC(O)C2)c1. The van der Waals surface area contributed by atoms with Gasteiger partial charge in [-0.05, 0) is 31.0 Å². The van der Waals surface area contributed by atoms with Gasteiger partial charge < -0.3 is 20.5 Å². The Morgan fingerprint density at radius 3 is 3.00 bits per heavy atom. The molecule has 3 N–H and O–H groups in total. The van der Waals surface area contributed by atoms with Gasteiger partial charge in [-0.3, -0.25) is 0 Å². The Kier molecular flexibility index (Phi) is 3.72. The fourth-order valence-corrected chi connectivity index (χ4v) is 2.24. The van der Waals surface area contributed by atoms with Crippen LogP contribution in [0.15, 0.2) is 18.2 Å². The van der Waals surface area contributed by atoms with Crippen LogP contribution in [-0.4, -0.2) is 37.4 Å². The smallest absolute Gasteiger partial charge is 0.337 e. The number of anilines is 2. The number of nitrogens with two attached hydrogens (primary N) is 1. The number of hydrogen-bond acceptors (Lipinski definition) is 5. The van der Waals surface area contributed by atoms with Gasteiger partial charge in [-0.2, -0.15) is 0 Å². The van der Waals surface area contributed by atoms with Gasteiger partial charge in [0.05, 0.1) is 30.2 Å². The lowest BCUT2D eigenvalue weighted by Crippen LogP contribution is -2.38. The first kappa shape index (κ1) is 12.7. The second-order valence-electron chi connectivity index (χ2n) is 4.51. The first-order chi connectivity index (χ1) is 8.61. The van der Waals surface area contributed by atoms with Gasteiger partial charge in [-0.25, -0.2) is 4.79 Å². The molecular weight excluding hydrogens is 232 g/mol. The van der Waals surface area contributed by atoms with Crippen LogP contribution in [0.4, 0.5) is 11.4 Å². The molecule has 0 bridgehead atoms. The fraction of sp³-hybridized carbons (Fsp3) is 0.462. The molecule has 0 amide bonds. The van der Waals surface area contributed by atoms with Gasteiger partial charge in [0.15, 0.2) is 0 Å². The molecule has 98 valence electrons. The summed E-state index contributed by atoms with van der Waals surface area (Å²) in [5, 5.41) is 9.68. The van der Waals surface area contributed by atoms with Crippen molar-refractivity contribution in [1.82, 2.24) is 0 Å². The molecule has 18 heavy (non-hydrogen) atoms. The molecule has 1 saturated heterocycles. The Bertz CT molecular complexity index is 448. The highest BCUT2D eigenvalue weighted by molar-refractivity contribution is 5.92. The van der Waals surface area contributed by atoms with Crippen molar-refractivity contribution in [1.29, 1.82) is 0 Å². The van der Waals surface area contributed by atoms with Crippen molar-refractivity contribution in [3.63, 3.8) is 0 Å². The lowest BCUT2D eigenvalue weighted by atomic mass is 10.1. The van der Waals surface area contributed by atoms with E-state index in [1.807, 2.05) is 4.90 Å². The van der Waals surface area contributed by atoms with Crippen LogP contribution in [0.2, 0.25) is 0 Å². The maximum absolute atomic E-state index is 11.5. The summed E-state index contributed by atoms with van der Waals surface area (Å²) < 4.78 is 4.69. The second-order valence-corrected chi connectivity index (χ2v) is 4.51. The third-order valence-electron chi connectivity index (χ3n) is 3.19. The van der Waals surface area contributed by atoms with Crippen molar-refractivity contribution in [2.24, 2.45) is 0 Å². The number of ether oxygens (including phenoxy) is 1. The quantitative estimate of drug-likeness (QED) is 0.605. The van der Waals surface area contributed by atoms with Crippen LogP contribution in [0.3, 0.4) is 0 Å². The highest BCUT2D eigenvalue weighted by Crippen LogP contribution is 2.27. The van der Waals surface area contributed by atoms with Gasteiger partial charge in [0.1, 0.15) is 0 Å². The number of β-amino-alcohol motifs (C(OH)–C–C–N with tert-alkyl or cyclic N) is 1. The standard InChI is InChI=1S/C13H18N2O3/c1-18-13(17)9-4-5-11(14)12(7-9)15-6-2-3-10(16)8-15/h4-5,7,10,16H,2-3,6,8,14H2,1H3. The first-order valence-corrected chi connectivity index (χ1v) is 6.02. The van der Waals surface area contributed by atoms with E-state index in [1.54, 1.807) is 18.2 Å². The molecule has 0 aliphatic carbocycles. The molecule has 1 aliphatic heterocycles. The molecule has 0 aromatic heterocycles. The van der Waals surface area contributed by atoms with Crippen LogP contribution in [0.25, 0.3) is 0 Å². The van der Waals surface area contributed by atoms with Crippen molar-refractivity contribution in [3.8, 4) is 0 Å². The molecule has 0 saturated carbocycles. The van der Waals surface area contributed by atoms with Crippen molar-refractivity contribution in [2.75, 3.05) is 30.8 Å². The number of nitrogen functional groups attached to an aromatic ring is 1. The maximum atomic E-state index is 11.5. The zero-order valence-corrected chi connectivity index (χ0v) is 10.4. The summed E-state index contributed by atoms with van der Waals surface area (Å²) in [5.41, 5.74) is 7.80. The minimum absolute atomic E-state index is 0.333. The van der Waals surface area contributed by atoms with Crippen molar-refractivity contribution >= 4 is 17.3 Å². The minimum Gasteiger partial charge on any atom is -0.465 e. The number of aliphatic hydroxyl groups excluding tert-OH is 1. The van der Waals surface area contributed by atoms with Gasteiger partial charge in [-0.15, -0.1) is 0 Å². The molecule has 1 unspecified atom stereocenters. The Morgan fingerprint density at radius 2 is 2.33 bits per heavy atom. The largest absolute Gasteiger partial charge is 0.465 e. The molecule has 1 aliphatic rings. The van der Waals surface area contributed by atoms with Gasteiger partial charge in [0.2, 0.25) is 0 Å². The fourth-order valence-electron chi connectivity index (χ4n) is 2.24. The molecule has 1 atom stereocenters. The van der Waals surface area contributed by atoms with E-state index in [9.17, 15) is 9.90 Å². The molecule has 0 spiro atoms. The number of nitrogens with zero attached hydrogens (tertiary/aromatic N) is 1. The number of hydrogen-bond donors (Lipinski definition) is 2. The highest BCUT2D eigenvalue weighted by atomic mass is 16.5. The molecule has 0 radical (unpaired) electrons. The predicted octanol–water partition coefficient (Wildman–Crippen LogP) is 1.02. The number of piperidine rings is 1. The summed E-state index contributed by atoms with van der Waals surface area (Å²) in [6, 6.07) is 5.06. The maximum Gasteiger partial charge on any atom is 0.337 e. The van der Waals surface area contributed by atoms with E-state index < -0.39 is 0 Å². The van der Waals surface area contributed by atoms with Crippen LogP contribution in [0.1, 0.15) is 23.2 Å². The van der Waals surface area contributed by atoms with Crippen molar-refractivity contribution in [2.45, 2.75) is 18.9 Å². The summed E-state index contributed by atoms with van der Waals surface area (Å²) in [6.07, 6.45) is 1.40. The van der Waals surface area contributed by atoms with E-state index in [0.717, 1.165) is 25.1 Å². The van der Waals surface area contributed by atoms with Crippen molar-refractivity contribution in [3.05, 3.63) is 23.8 Å². The number of benzene rings is 1. The van der Waals surface area contributed by atoms with Crippen LogP contribution in [-0.2, 0) is 4.74 Å². The Hall–Kier alpha value is -1.75. The summed E-state index contributed by atoms with van der Waals surface area (Å²) in [4.78, 5) is 13.5. The number of carbonyl (C=O) groups excluding carboxylic acids is 1. The first-order valence-electron chi connectivity index (χ1n) is 6.02. The Morgan fingerprint density at radius 1 is 1.56 bits per heavy atom. The van der Waals surface area contributed by atoms with Gasteiger partial charge in [0, 0.05) is 13.1 Å². The minimum atomic E-state index is -0.381. The van der Waals surface area contributed by atoms with Gasteiger partial charge in [-0.1, -0.05) is 0 Å². The number of methoxy groups -OCH3 is 1. The Labute approximate surface area is 106 Å². The summed E-state index contributed by atoms with van der Waals surface area (Å²) in [5.74, 6) is -0.381. The molecule has 5 nitrogen and oxygen atoms in total. The Balaban J connectivity index is 2.28. The average molecular weight is 250 g/mol. The number of aliphatic hydroxyl groups is 1. The van der Waals surface area contributed by atoms with E-state index in [4.69, 9.17) is 10.5 Å². The lowest BCUT2D eigenvalue weighted by molar-refractivity contribution is 0.0601. The summed E-state index contributed by atoms with van der Waals surface area (Å²) >= 11 is 0. The number of rotatable bonds is 2. The monoisotopic (exact) mass is 250 g/mol. The predicted molar refractivity (Wildman–Crippen MR) is 69.6 cm³/mol. The summed E-state index contributed by atoms with van der Waals surface area (Å²) in [6.45, 7) is 1.39. The number of esters is 1. The molecule has 5 heteroatoms. The summed E-state index contributed by atoms with van der Waals surface area (Å²) in [7, 11) is 1.35. The highest BCUT2D eigenvalue weighted by Gasteiger charge is 2.20. The molecule has 1 aromatic rings. The van der Waals surface area contributed by atoms with Crippen LogP contribution in [0.5, 0.6) is 0 Å². The van der Waals surface area contributed by atoms with Crippen molar-refractivity contribution < 1.29 is 14.6 Å². The third kappa shape index (κ3) is 2.56. The normalized spacial score (nSPS) is 19.7. The second kappa shape index (κ2) is 5.27. The molecule has 1 aromatic carbocycles. The topological polar surface area (TPSA) is 75.8 Å². The average Bonchev–Trinajstić information content (AvgIpc) is 2.38. The van der Waals surface area contributed by atoms with E-state index in [1.165, 1.54) is 7.11 Å². The van der Waals surface area contributed by atoms with E-state index in [2.05, 4.69) is 0 Å². The zero-order chi connectivity index (χ0) is 13.1. The van der Waals surface area contributed by atoms with Gasteiger partial charge >= 0.3 is 5.97 Å². The van der Waals surface area contributed by atoms with E-state index in [-0.39, 0.29) is 12.1 Å². The van der Waals surface area contributed by atoms with Crippen LogP contribution >= 0.6 is 0 Å². The van der Waals surface area contributed by atoms with Crippen LogP contribution in [0, 0.1) is 0 Å². The molecule has 1 heterocycles. The lowest BCUT2D eigenvalue weighted by Gasteiger charge is -2.32. The van der Waals surface area contributed by atoms with Crippen LogP contribution < -0.4 is 10.6 Å².